The Bertz CT molecular complexity index is 541. The Morgan fingerprint density at radius 1 is 1.11 bits per heavy atom. The molecule has 0 aliphatic rings. The highest BCUT2D eigenvalue weighted by atomic mass is 79.9. The monoisotopic (exact) mass is 301 g/mol. The molecule has 1 heterocycles. The Hall–Kier alpha value is -1.70. The van der Waals surface area contributed by atoms with Crippen LogP contribution in [0.1, 0.15) is 16.8 Å². The Morgan fingerprint density at radius 3 is 2.50 bits per heavy atom. The molecule has 2 rings (SSSR count). The summed E-state index contributed by atoms with van der Waals surface area (Å²) in [6, 6.07) is 13.6. The van der Waals surface area contributed by atoms with Crippen molar-refractivity contribution in [2.45, 2.75) is 13.1 Å². The maximum Gasteiger partial charge on any atom is 0.0991 e. The van der Waals surface area contributed by atoms with Crippen molar-refractivity contribution >= 4 is 15.9 Å². The minimum absolute atomic E-state index is 0.688. The molecule has 0 aliphatic carbocycles. The van der Waals surface area contributed by atoms with Crippen molar-refractivity contribution in [3.63, 3.8) is 0 Å². The average molecular weight is 302 g/mol. The van der Waals surface area contributed by atoms with Crippen LogP contribution in [0.2, 0.25) is 0 Å². The molecular weight excluding hydrogens is 290 g/mol. The van der Waals surface area contributed by atoms with Gasteiger partial charge >= 0.3 is 0 Å². The van der Waals surface area contributed by atoms with Gasteiger partial charge in [-0.05, 0) is 45.8 Å². The summed E-state index contributed by atoms with van der Waals surface area (Å²) in [5.41, 5.74) is 2.85. The van der Waals surface area contributed by atoms with Crippen LogP contribution in [0, 0.1) is 11.3 Å². The van der Waals surface area contributed by atoms with Gasteiger partial charge in [-0.15, -0.1) is 0 Å². The van der Waals surface area contributed by atoms with Crippen molar-refractivity contribution in [3.05, 3.63) is 63.9 Å². The first kappa shape index (κ1) is 12.7. The lowest BCUT2D eigenvalue weighted by molar-refractivity contribution is 0.679. The van der Waals surface area contributed by atoms with E-state index in [1.165, 1.54) is 0 Å². The Labute approximate surface area is 115 Å². The van der Waals surface area contributed by atoms with E-state index < -0.39 is 0 Å². The summed E-state index contributed by atoms with van der Waals surface area (Å²) >= 11 is 3.35. The highest BCUT2D eigenvalue weighted by molar-refractivity contribution is 9.10. The first-order valence-electron chi connectivity index (χ1n) is 5.58. The molecule has 0 bridgehead atoms. The highest BCUT2D eigenvalue weighted by Crippen LogP contribution is 2.07. The van der Waals surface area contributed by atoms with Crippen LogP contribution in [-0.4, -0.2) is 4.98 Å². The van der Waals surface area contributed by atoms with Gasteiger partial charge in [0, 0.05) is 23.8 Å². The molecule has 0 radical (unpaired) electrons. The maximum absolute atomic E-state index is 8.70. The van der Waals surface area contributed by atoms with Gasteiger partial charge in [0.1, 0.15) is 0 Å². The first-order valence-corrected chi connectivity index (χ1v) is 6.37. The standard InChI is InChI=1S/C14H12BrN3/c15-13-5-6-14(18-9-13)10-17-8-12-3-1-11(7-16)2-4-12/h1-6,9,17H,8,10H2. The molecule has 0 spiro atoms. The zero-order valence-electron chi connectivity index (χ0n) is 9.73. The molecule has 3 nitrogen and oxygen atoms in total. The molecule has 0 saturated heterocycles. The smallest absolute Gasteiger partial charge is 0.0991 e. The number of pyridine rings is 1. The second-order valence-corrected chi connectivity index (χ2v) is 4.80. The lowest BCUT2D eigenvalue weighted by atomic mass is 10.1. The van der Waals surface area contributed by atoms with Gasteiger partial charge in [0.15, 0.2) is 0 Å². The molecule has 18 heavy (non-hydrogen) atoms. The normalized spacial score (nSPS) is 10.0. The number of aromatic nitrogens is 1. The van der Waals surface area contributed by atoms with Crippen LogP contribution in [0.3, 0.4) is 0 Å². The number of nitriles is 1. The number of benzene rings is 1. The molecule has 0 aliphatic heterocycles. The third-order valence-corrected chi connectivity index (χ3v) is 2.98. The largest absolute Gasteiger partial charge is 0.307 e. The van der Waals surface area contributed by atoms with E-state index in [1.807, 2.05) is 36.4 Å². The Kier molecular flexibility index (Phi) is 4.46. The second-order valence-electron chi connectivity index (χ2n) is 3.88. The minimum Gasteiger partial charge on any atom is -0.307 e. The van der Waals surface area contributed by atoms with Gasteiger partial charge in [0.2, 0.25) is 0 Å². The van der Waals surface area contributed by atoms with E-state index in [1.54, 1.807) is 6.20 Å². The molecule has 0 unspecified atom stereocenters. The summed E-state index contributed by atoms with van der Waals surface area (Å²) in [6.07, 6.45) is 1.79. The number of hydrogen-bond acceptors (Lipinski definition) is 3. The number of hydrogen-bond donors (Lipinski definition) is 1. The van der Waals surface area contributed by atoms with E-state index in [-0.39, 0.29) is 0 Å². The van der Waals surface area contributed by atoms with Crippen LogP contribution in [0.25, 0.3) is 0 Å². The lowest BCUT2D eigenvalue weighted by Gasteiger charge is -2.04. The molecule has 0 atom stereocenters. The topological polar surface area (TPSA) is 48.7 Å². The van der Waals surface area contributed by atoms with Crippen molar-refractivity contribution in [2.24, 2.45) is 0 Å². The molecule has 90 valence electrons. The van der Waals surface area contributed by atoms with Crippen LogP contribution in [0.5, 0.6) is 0 Å². The van der Waals surface area contributed by atoms with E-state index in [9.17, 15) is 0 Å². The predicted molar refractivity (Wildman–Crippen MR) is 73.6 cm³/mol. The van der Waals surface area contributed by atoms with Gasteiger partial charge < -0.3 is 5.32 Å². The van der Waals surface area contributed by atoms with Gasteiger partial charge in [-0.3, -0.25) is 4.98 Å². The molecule has 4 heteroatoms. The Balaban J connectivity index is 1.84. The maximum atomic E-state index is 8.70. The lowest BCUT2D eigenvalue weighted by Crippen LogP contribution is -2.13. The fourth-order valence-corrected chi connectivity index (χ4v) is 1.78. The number of rotatable bonds is 4. The van der Waals surface area contributed by atoms with E-state index in [2.05, 4.69) is 32.3 Å². The fraction of sp³-hybridized carbons (Fsp3) is 0.143. The zero-order chi connectivity index (χ0) is 12.8. The van der Waals surface area contributed by atoms with Crippen molar-refractivity contribution in [3.8, 4) is 6.07 Å². The summed E-state index contributed by atoms with van der Waals surface area (Å²) in [5.74, 6) is 0. The summed E-state index contributed by atoms with van der Waals surface area (Å²) in [4.78, 5) is 4.28. The van der Waals surface area contributed by atoms with Gasteiger partial charge in [-0.2, -0.15) is 5.26 Å². The molecule has 0 saturated carbocycles. The molecule has 0 amide bonds. The SMILES string of the molecule is N#Cc1ccc(CNCc2ccc(Br)cn2)cc1. The van der Waals surface area contributed by atoms with Crippen molar-refractivity contribution < 1.29 is 0 Å². The van der Waals surface area contributed by atoms with Crippen LogP contribution in [0.15, 0.2) is 47.1 Å². The number of nitrogens with zero attached hydrogens (tertiary/aromatic N) is 2. The fourth-order valence-electron chi connectivity index (χ4n) is 1.54. The van der Waals surface area contributed by atoms with Gasteiger partial charge in [-0.1, -0.05) is 12.1 Å². The molecule has 1 aromatic heterocycles. The third kappa shape index (κ3) is 3.66. The van der Waals surface area contributed by atoms with Crippen LogP contribution >= 0.6 is 15.9 Å². The zero-order valence-corrected chi connectivity index (χ0v) is 11.3. The summed E-state index contributed by atoms with van der Waals surface area (Å²) in [5, 5.41) is 12.0. The quantitative estimate of drug-likeness (QED) is 0.944. The Morgan fingerprint density at radius 2 is 1.89 bits per heavy atom. The van der Waals surface area contributed by atoms with Gasteiger partial charge in [0.25, 0.3) is 0 Å². The van der Waals surface area contributed by atoms with E-state index in [4.69, 9.17) is 5.26 Å². The van der Waals surface area contributed by atoms with Crippen molar-refractivity contribution in [1.82, 2.24) is 10.3 Å². The molecule has 0 fully saturated rings. The molecule has 1 N–H and O–H groups in total. The predicted octanol–water partition coefficient (Wildman–Crippen LogP) is 3.01. The highest BCUT2D eigenvalue weighted by Gasteiger charge is 1.96. The van der Waals surface area contributed by atoms with Crippen LogP contribution in [-0.2, 0) is 13.1 Å². The molecular formula is C14H12BrN3. The number of nitrogens with one attached hydrogen (secondary N) is 1. The second kappa shape index (κ2) is 6.29. The summed E-state index contributed by atoms with van der Waals surface area (Å²) in [6.45, 7) is 1.50. The van der Waals surface area contributed by atoms with E-state index >= 15 is 0 Å². The third-order valence-electron chi connectivity index (χ3n) is 2.51. The van der Waals surface area contributed by atoms with Crippen LogP contribution in [0.4, 0.5) is 0 Å². The van der Waals surface area contributed by atoms with Crippen molar-refractivity contribution in [1.29, 1.82) is 5.26 Å². The van der Waals surface area contributed by atoms with Gasteiger partial charge in [0.05, 0.1) is 17.3 Å². The molecule has 1 aromatic carbocycles. The van der Waals surface area contributed by atoms with Crippen molar-refractivity contribution in [2.75, 3.05) is 0 Å². The van der Waals surface area contributed by atoms with Gasteiger partial charge in [-0.25, -0.2) is 0 Å². The summed E-state index contributed by atoms with van der Waals surface area (Å²) in [7, 11) is 0. The first-order chi connectivity index (χ1) is 8.78. The average Bonchev–Trinajstić information content (AvgIpc) is 2.42. The van der Waals surface area contributed by atoms with E-state index in [0.717, 1.165) is 28.8 Å². The summed E-state index contributed by atoms with van der Waals surface area (Å²) < 4.78 is 0.985. The van der Waals surface area contributed by atoms with E-state index in [0.29, 0.717) is 5.56 Å². The number of halogens is 1. The molecule has 2 aromatic rings. The van der Waals surface area contributed by atoms with Crippen LogP contribution < -0.4 is 5.32 Å². The minimum atomic E-state index is 0.688.